The van der Waals surface area contributed by atoms with Gasteiger partial charge in [0.05, 0.1) is 0 Å². The quantitative estimate of drug-likeness (QED) is 0.293. The number of nitrogens with zero attached hydrogens (tertiary/aromatic N) is 1. The lowest BCUT2D eigenvalue weighted by Crippen LogP contribution is -2.16. The van der Waals surface area contributed by atoms with E-state index in [0.717, 1.165) is 14.9 Å². The van der Waals surface area contributed by atoms with E-state index in [-0.39, 0.29) is 5.84 Å². The van der Waals surface area contributed by atoms with Crippen LogP contribution < -0.4 is 5.73 Å². The highest BCUT2D eigenvalue weighted by atomic mass is 79.9. The zero-order chi connectivity index (χ0) is 13.0. The highest BCUT2D eigenvalue weighted by Crippen LogP contribution is 2.33. The number of nitrogens with two attached hydrogens (primary N) is 1. The Morgan fingerprint density at radius 1 is 1.41 bits per heavy atom. The van der Waals surface area contributed by atoms with Crippen molar-refractivity contribution in [2.75, 3.05) is 0 Å². The number of halogens is 1. The normalized spacial score (nSPS) is 14.1. The highest BCUT2D eigenvalue weighted by Gasteiger charge is 2.16. The van der Waals surface area contributed by atoms with E-state index in [9.17, 15) is 0 Å². The van der Waals surface area contributed by atoms with Crippen molar-refractivity contribution in [2.24, 2.45) is 16.8 Å². The van der Waals surface area contributed by atoms with E-state index in [1.165, 1.54) is 0 Å². The van der Waals surface area contributed by atoms with Crippen LogP contribution in [0.3, 0.4) is 0 Å². The smallest absolute Gasteiger partial charge is 0.172 e. The maximum Gasteiger partial charge on any atom is 0.172 e. The standard InChI is InChI=1S/C12H17BrN2OS/c1-7(2)8(3)17-10-6-4-5-9(13)11(10)12(14)15-16/h4-8,16H,1-3H3,(H2,14,15). The van der Waals surface area contributed by atoms with Gasteiger partial charge in [0.25, 0.3) is 0 Å². The van der Waals surface area contributed by atoms with Crippen LogP contribution in [-0.2, 0) is 0 Å². The summed E-state index contributed by atoms with van der Waals surface area (Å²) in [4.78, 5) is 1.02. The van der Waals surface area contributed by atoms with E-state index in [1.54, 1.807) is 11.8 Å². The molecule has 1 atom stereocenters. The third-order valence-electron chi connectivity index (χ3n) is 2.59. The van der Waals surface area contributed by atoms with Gasteiger partial charge in [-0.3, -0.25) is 0 Å². The SMILES string of the molecule is CC(C)C(C)Sc1cccc(Br)c1/C(N)=N/O. The molecule has 1 aromatic rings. The van der Waals surface area contributed by atoms with Gasteiger partial charge in [-0.2, -0.15) is 0 Å². The van der Waals surface area contributed by atoms with Crippen LogP contribution >= 0.6 is 27.7 Å². The van der Waals surface area contributed by atoms with Crippen LogP contribution in [-0.4, -0.2) is 16.3 Å². The molecule has 1 aromatic carbocycles. The molecule has 0 radical (unpaired) electrons. The average molecular weight is 317 g/mol. The Bertz CT molecular complexity index is 421. The number of oxime groups is 1. The van der Waals surface area contributed by atoms with Crippen molar-refractivity contribution in [3.05, 3.63) is 28.2 Å². The molecule has 0 heterocycles. The minimum absolute atomic E-state index is 0.135. The summed E-state index contributed by atoms with van der Waals surface area (Å²) in [6.07, 6.45) is 0. The molecular weight excluding hydrogens is 300 g/mol. The predicted molar refractivity (Wildman–Crippen MR) is 76.8 cm³/mol. The van der Waals surface area contributed by atoms with Crippen molar-refractivity contribution < 1.29 is 5.21 Å². The fourth-order valence-corrected chi connectivity index (χ4v) is 3.10. The minimum Gasteiger partial charge on any atom is -0.409 e. The van der Waals surface area contributed by atoms with E-state index in [4.69, 9.17) is 10.9 Å². The van der Waals surface area contributed by atoms with Crippen molar-refractivity contribution in [3.63, 3.8) is 0 Å². The molecule has 3 N–H and O–H groups in total. The Morgan fingerprint density at radius 3 is 2.59 bits per heavy atom. The van der Waals surface area contributed by atoms with Crippen molar-refractivity contribution >= 4 is 33.5 Å². The molecule has 0 spiro atoms. The van der Waals surface area contributed by atoms with E-state index in [0.29, 0.717) is 11.2 Å². The molecular formula is C12H17BrN2OS. The fourth-order valence-electron chi connectivity index (χ4n) is 1.24. The van der Waals surface area contributed by atoms with Crippen LogP contribution in [0.4, 0.5) is 0 Å². The van der Waals surface area contributed by atoms with Gasteiger partial charge in [-0.1, -0.05) is 32.0 Å². The summed E-state index contributed by atoms with van der Waals surface area (Å²) in [5.41, 5.74) is 6.46. The van der Waals surface area contributed by atoms with Crippen LogP contribution in [0.5, 0.6) is 0 Å². The number of rotatable bonds is 4. The first-order valence-electron chi connectivity index (χ1n) is 5.40. The number of benzene rings is 1. The van der Waals surface area contributed by atoms with Gasteiger partial charge < -0.3 is 10.9 Å². The van der Waals surface area contributed by atoms with E-state index in [2.05, 4.69) is 41.9 Å². The van der Waals surface area contributed by atoms with Gasteiger partial charge in [-0.25, -0.2) is 0 Å². The summed E-state index contributed by atoms with van der Waals surface area (Å²) >= 11 is 5.16. The largest absolute Gasteiger partial charge is 0.409 e. The molecule has 0 fully saturated rings. The van der Waals surface area contributed by atoms with Crippen LogP contribution in [0.1, 0.15) is 26.3 Å². The Morgan fingerprint density at radius 2 is 2.06 bits per heavy atom. The molecule has 3 nitrogen and oxygen atoms in total. The maximum atomic E-state index is 8.81. The van der Waals surface area contributed by atoms with Gasteiger partial charge in [-0.05, 0) is 34.0 Å². The van der Waals surface area contributed by atoms with E-state index < -0.39 is 0 Å². The molecule has 1 unspecified atom stereocenters. The molecule has 5 heteroatoms. The fraction of sp³-hybridized carbons (Fsp3) is 0.417. The molecule has 1 rings (SSSR count). The number of amidine groups is 1. The Labute approximate surface area is 115 Å². The molecule has 0 saturated carbocycles. The monoisotopic (exact) mass is 316 g/mol. The van der Waals surface area contributed by atoms with Crippen LogP contribution in [0, 0.1) is 5.92 Å². The molecule has 0 aromatic heterocycles. The van der Waals surface area contributed by atoms with Crippen molar-refractivity contribution in [3.8, 4) is 0 Å². The van der Waals surface area contributed by atoms with Crippen molar-refractivity contribution in [1.82, 2.24) is 0 Å². The van der Waals surface area contributed by atoms with Crippen LogP contribution in [0.15, 0.2) is 32.7 Å². The van der Waals surface area contributed by atoms with Gasteiger partial charge in [0.15, 0.2) is 5.84 Å². The minimum atomic E-state index is 0.135. The Hall–Kier alpha value is -0.680. The summed E-state index contributed by atoms with van der Waals surface area (Å²) < 4.78 is 0.841. The third-order valence-corrected chi connectivity index (χ3v) is 4.76. The zero-order valence-corrected chi connectivity index (χ0v) is 12.5. The number of hydrogen-bond donors (Lipinski definition) is 2. The Kier molecular flexibility index (Phi) is 5.33. The summed E-state index contributed by atoms with van der Waals surface area (Å²) in [6, 6.07) is 5.83. The number of hydrogen-bond acceptors (Lipinski definition) is 3. The molecule has 0 saturated heterocycles. The van der Waals surface area contributed by atoms with Gasteiger partial charge in [-0.15, -0.1) is 11.8 Å². The molecule has 0 amide bonds. The summed E-state index contributed by atoms with van der Waals surface area (Å²) in [5, 5.41) is 12.4. The summed E-state index contributed by atoms with van der Waals surface area (Å²) in [6.45, 7) is 6.53. The third kappa shape index (κ3) is 3.64. The highest BCUT2D eigenvalue weighted by molar-refractivity contribution is 9.10. The first kappa shape index (κ1) is 14.4. The lowest BCUT2D eigenvalue weighted by atomic mass is 10.2. The molecule has 0 bridgehead atoms. The van der Waals surface area contributed by atoms with Gasteiger partial charge in [0.2, 0.25) is 0 Å². The van der Waals surface area contributed by atoms with Gasteiger partial charge in [0.1, 0.15) is 0 Å². The molecule has 0 aliphatic rings. The zero-order valence-electron chi connectivity index (χ0n) is 10.1. The second-order valence-corrected chi connectivity index (χ2v) is 6.44. The lowest BCUT2D eigenvalue weighted by molar-refractivity contribution is 0.318. The van der Waals surface area contributed by atoms with Gasteiger partial charge >= 0.3 is 0 Å². The topological polar surface area (TPSA) is 58.6 Å². The van der Waals surface area contributed by atoms with Crippen LogP contribution in [0.2, 0.25) is 0 Å². The average Bonchev–Trinajstić information content (AvgIpc) is 2.28. The molecule has 0 aliphatic carbocycles. The van der Waals surface area contributed by atoms with E-state index >= 15 is 0 Å². The van der Waals surface area contributed by atoms with E-state index in [1.807, 2.05) is 18.2 Å². The maximum absolute atomic E-state index is 8.81. The van der Waals surface area contributed by atoms with Crippen molar-refractivity contribution in [2.45, 2.75) is 30.9 Å². The second-order valence-electron chi connectivity index (χ2n) is 4.17. The number of thioether (sulfide) groups is 1. The van der Waals surface area contributed by atoms with Gasteiger partial charge in [0, 0.05) is 20.2 Å². The second kappa shape index (κ2) is 6.31. The Balaban J connectivity index is 3.11. The summed E-state index contributed by atoms with van der Waals surface area (Å²) in [5.74, 6) is 0.704. The van der Waals surface area contributed by atoms with Crippen LogP contribution in [0.25, 0.3) is 0 Å². The lowest BCUT2D eigenvalue weighted by Gasteiger charge is -2.17. The van der Waals surface area contributed by atoms with Crippen molar-refractivity contribution in [1.29, 1.82) is 0 Å². The molecule has 17 heavy (non-hydrogen) atoms. The predicted octanol–water partition coefficient (Wildman–Crippen LogP) is 3.68. The first-order valence-corrected chi connectivity index (χ1v) is 7.07. The first-order chi connectivity index (χ1) is 7.97. The summed E-state index contributed by atoms with van der Waals surface area (Å²) in [7, 11) is 0. The molecule has 94 valence electrons. The molecule has 0 aliphatic heterocycles.